The third-order valence-corrected chi connectivity index (χ3v) is 3.58. The number of nitrogens with one attached hydrogen (secondary N) is 1. The molecule has 2 rings (SSSR count). The van der Waals surface area contributed by atoms with Gasteiger partial charge < -0.3 is 14.2 Å². The summed E-state index contributed by atoms with van der Waals surface area (Å²) in [6, 6.07) is 5.74. The first-order valence-corrected chi connectivity index (χ1v) is 7.78. The molecule has 0 radical (unpaired) electrons. The first-order chi connectivity index (χ1) is 9.40. The summed E-state index contributed by atoms with van der Waals surface area (Å²) in [5, 5.41) is 0.736. The molecule has 0 aliphatic rings. The molecule has 1 N–H and O–H groups in total. The number of thioether (sulfide) groups is 1. The molecule has 20 heavy (non-hydrogen) atoms. The van der Waals surface area contributed by atoms with E-state index in [9.17, 15) is 4.79 Å². The second kappa shape index (κ2) is 5.89. The molecular formula is C15H21N2O2S+. The molecule has 0 saturated carbocycles. The summed E-state index contributed by atoms with van der Waals surface area (Å²) < 4.78 is 6.31. The second-order valence-corrected chi connectivity index (χ2v) is 6.55. The Morgan fingerprint density at radius 2 is 2.10 bits per heavy atom. The number of hydrogen-bond donors (Lipinski definition) is 1. The maximum atomic E-state index is 11.5. The van der Waals surface area contributed by atoms with Crippen molar-refractivity contribution in [2.45, 2.75) is 6.42 Å². The van der Waals surface area contributed by atoms with Crippen molar-refractivity contribution in [2.24, 2.45) is 0 Å². The van der Waals surface area contributed by atoms with Gasteiger partial charge in [0.25, 0.3) is 0 Å². The number of rotatable bonds is 4. The van der Waals surface area contributed by atoms with Crippen LogP contribution >= 0.6 is 11.8 Å². The highest BCUT2D eigenvalue weighted by molar-refractivity contribution is 8.12. The molecule has 0 aliphatic heterocycles. The topological polar surface area (TPSA) is 42.1 Å². The molecule has 108 valence electrons. The number of aromatic amines is 1. The largest absolute Gasteiger partial charge is 0.418 e. The number of benzene rings is 1. The van der Waals surface area contributed by atoms with Crippen LogP contribution < -0.4 is 4.74 Å². The van der Waals surface area contributed by atoms with Crippen LogP contribution in [0, 0.1) is 0 Å². The van der Waals surface area contributed by atoms with Crippen molar-refractivity contribution < 1.29 is 14.0 Å². The summed E-state index contributed by atoms with van der Waals surface area (Å²) in [5.74, 6) is 0.638. The van der Waals surface area contributed by atoms with Gasteiger partial charge in [-0.05, 0) is 35.7 Å². The molecule has 1 aromatic carbocycles. The third-order valence-electron chi connectivity index (χ3n) is 3.16. The highest BCUT2D eigenvalue weighted by atomic mass is 32.2. The molecule has 0 atom stereocenters. The van der Waals surface area contributed by atoms with Gasteiger partial charge in [0.1, 0.15) is 5.75 Å². The Hall–Kier alpha value is -1.46. The van der Waals surface area contributed by atoms with Gasteiger partial charge in [0.15, 0.2) is 0 Å². The smallest absolute Gasteiger partial charge is 0.372 e. The molecule has 0 unspecified atom stereocenters. The van der Waals surface area contributed by atoms with Crippen molar-refractivity contribution in [3.63, 3.8) is 0 Å². The minimum atomic E-state index is -0.281. The molecular weight excluding hydrogens is 272 g/mol. The standard InChI is InChI=1S/C15H21N2O2S/c1-17(2,3)9-8-11-10-16-12-6-5-7-13(14(11)12)19-15(18)20-4/h5-7,10,16H,8-9H2,1-4H3/q+1. The zero-order valence-electron chi connectivity index (χ0n) is 12.4. The molecule has 0 amide bonds. The number of fused-ring (bicyclic) bond motifs is 1. The van der Waals surface area contributed by atoms with E-state index in [0.717, 1.165) is 40.1 Å². The van der Waals surface area contributed by atoms with Crippen molar-refractivity contribution in [2.75, 3.05) is 33.9 Å². The molecule has 2 aromatic rings. The first kappa shape index (κ1) is 14.9. The van der Waals surface area contributed by atoms with Crippen LogP contribution in [0.5, 0.6) is 5.75 Å². The number of hydrogen-bond acceptors (Lipinski definition) is 3. The van der Waals surface area contributed by atoms with Crippen LogP contribution in [0.15, 0.2) is 24.4 Å². The second-order valence-electron chi connectivity index (χ2n) is 5.81. The fourth-order valence-electron chi connectivity index (χ4n) is 2.09. The minimum absolute atomic E-state index is 0.281. The van der Waals surface area contributed by atoms with Gasteiger partial charge >= 0.3 is 5.30 Å². The Kier molecular flexibility index (Phi) is 4.40. The van der Waals surface area contributed by atoms with E-state index in [2.05, 4.69) is 26.1 Å². The summed E-state index contributed by atoms with van der Waals surface area (Å²) in [7, 11) is 6.51. The minimum Gasteiger partial charge on any atom is -0.418 e. The van der Waals surface area contributed by atoms with Crippen molar-refractivity contribution in [3.8, 4) is 5.75 Å². The lowest BCUT2D eigenvalue weighted by molar-refractivity contribution is -0.870. The van der Waals surface area contributed by atoms with Crippen LogP contribution in [0.3, 0.4) is 0 Å². The zero-order chi connectivity index (χ0) is 14.8. The highest BCUT2D eigenvalue weighted by Gasteiger charge is 2.15. The SMILES string of the molecule is CSC(=O)Oc1cccc2[nH]cc(CC[N+](C)(C)C)c12. The van der Waals surface area contributed by atoms with E-state index in [1.807, 2.05) is 24.4 Å². The van der Waals surface area contributed by atoms with E-state index in [1.165, 1.54) is 5.56 Å². The Labute approximate surface area is 123 Å². The summed E-state index contributed by atoms with van der Waals surface area (Å²) >= 11 is 1.08. The first-order valence-electron chi connectivity index (χ1n) is 6.56. The van der Waals surface area contributed by atoms with Gasteiger partial charge in [-0.2, -0.15) is 0 Å². The predicted molar refractivity (Wildman–Crippen MR) is 84.4 cm³/mol. The van der Waals surface area contributed by atoms with Gasteiger partial charge in [-0.3, -0.25) is 0 Å². The monoisotopic (exact) mass is 293 g/mol. The predicted octanol–water partition coefficient (Wildman–Crippen LogP) is 3.28. The Morgan fingerprint density at radius 3 is 2.75 bits per heavy atom. The number of carbonyl (C=O) groups excluding carboxylic acids is 1. The van der Waals surface area contributed by atoms with Crippen LogP contribution in [-0.4, -0.2) is 48.7 Å². The molecule has 1 heterocycles. The van der Waals surface area contributed by atoms with Gasteiger partial charge in [0.05, 0.1) is 27.7 Å². The van der Waals surface area contributed by atoms with Crippen LogP contribution in [0.4, 0.5) is 4.79 Å². The van der Waals surface area contributed by atoms with Gasteiger partial charge in [-0.25, -0.2) is 4.79 Å². The lowest BCUT2D eigenvalue weighted by Crippen LogP contribution is -2.36. The Bertz CT molecular complexity index is 614. The summed E-state index contributed by atoms with van der Waals surface area (Å²) in [6.07, 6.45) is 4.67. The molecule has 1 aromatic heterocycles. The summed E-state index contributed by atoms with van der Waals surface area (Å²) in [6.45, 7) is 1.03. The molecule has 0 fully saturated rings. The number of ether oxygens (including phenoxy) is 1. The van der Waals surface area contributed by atoms with Crippen LogP contribution in [0.25, 0.3) is 10.9 Å². The fourth-order valence-corrected chi connectivity index (χ4v) is 2.26. The van der Waals surface area contributed by atoms with E-state index in [-0.39, 0.29) is 5.30 Å². The molecule has 0 aliphatic carbocycles. The summed E-state index contributed by atoms with van der Waals surface area (Å²) in [5.41, 5.74) is 2.20. The van der Waals surface area contributed by atoms with Crippen LogP contribution in [-0.2, 0) is 6.42 Å². The van der Waals surface area contributed by atoms with Crippen LogP contribution in [0.2, 0.25) is 0 Å². The van der Waals surface area contributed by atoms with E-state index < -0.39 is 0 Å². The van der Waals surface area contributed by atoms with Crippen LogP contribution in [0.1, 0.15) is 5.56 Å². The average molecular weight is 293 g/mol. The molecule has 4 nitrogen and oxygen atoms in total. The zero-order valence-corrected chi connectivity index (χ0v) is 13.2. The Balaban J connectivity index is 2.33. The summed E-state index contributed by atoms with van der Waals surface area (Å²) in [4.78, 5) is 14.8. The quantitative estimate of drug-likeness (QED) is 0.695. The van der Waals surface area contributed by atoms with Crippen molar-refractivity contribution in [1.29, 1.82) is 0 Å². The maximum absolute atomic E-state index is 11.5. The molecule has 5 heteroatoms. The van der Waals surface area contributed by atoms with Gasteiger partial charge in [-0.15, -0.1) is 0 Å². The Morgan fingerprint density at radius 1 is 1.35 bits per heavy atom. The van der Waals surface area contributed by atoms with Gasteiger partial charge in [0.2, 0.25) is 0 Å². The number of likely N-dealkylation sites (N-methyl/N-ethyl adjacent to an activating group) is 1. The van der Waals surface area contributed by atoms with Crippen molar-refractivity contribution in [3.05, 3.63) is 30.0 Å². The number of H-pyrrole nitrogens is 1. The molecule has 0 spiro atoms. The third kappa shape index (κ3) is 3.55. The number of nitrogens with zero attached hydrogens (tertiary/aromatic N) is 1. The van der Waals surface area contributed by atoms with E-state index in [0.29, 0.717) is 5.75 Å². The molecule has 0 saturated heterocycles. The van der Waals surface area contributed by atoms with Gasteiger partial charge in [-0.1, -0.05) is 6.07 Å². The van der Waals surface area contributed by atoms with Gasteiger partial charge in [0, 0.05) is 23.5 Å². The van der Waals surface area contributed by atoms with Crippen molar-refractivity contribution in [1.82, 2.24) is 4.98 Å². The van der Waals surface area contributed by atoms with E-state index in [4.69, 9.17) is 4.74 Å². The molecule has 0 bridgehead atoms. The van der Waals surface area contributed by atoms with E-state index in [1.54, 1.807) is 6.26 Å². The lowest BCUT2D eigenvalue weighted by atomic mass is 10.1. The highest BCUT2D eigenvalue weighted by Crippen LogP contribution is 2.30. The van der Waals surface area contributed by atoms with E-state index >= 15 is 0 Å². The van der Waals surface area contributed by atoms with Crippen molar-refractivity contribution >= 4 is 28.0 Å². The lowest BCUT2D eigenvalue weighted by Gasteiger charge is -2.23. The average Bonchev–Trinajstić information content (AvgIpc) is 2.79. The number of aromatic nitrogens is 1. The number of quaternary nitrogens is 1. The fraction of sp³-hybridized carbons (Fsp3) is 0.400. The number of carbonyl (C=O) groups is 1. The maximum Gasteiger partial charge on any atom is 0.372 e. The normalized spacial score (nSPS) is 11.8.